The smallest absolute Gasteiger partial charge is 0.277 e. The maximum Gasteiger partial charge on any atom is 0.277 e. The maximum absolute atomic E-state index is 12.8. The number of amides is 1. The predicted molar refractivity (Wildman–Crippen MR) is 120 cm³/mol. The Morgan fingerprint density at radius 2 is 1.77 bits per heavy atom. The molecule has 8 heteroatoms. The number of nitrogens with one attached hydrogen (secondary N) is 1. The number of hydrogen-bond acceptors (Lipinski definition) is 7. The van der Waals surface area contributed by atoms with E-state index in [-0.39, 0.29) is 17.6 Å². The molecular weight excluding hydrogens is 414 g/mol. The fraction of sp³-hybridized carbons (Fsp3) is 0.304. The van der Waals surface area contributed by atoms with Crippen LogP contribution in [0.3, 0.4) is 0 Å². The molecule has 0 aliphatic carbocycles. The fourth-order valence-corrected chi connectivity index (χ4v) is 3.50. The molecule has 2 aromatic carbocycles. The summed E-state index contributed by atoms with van der Waals surface area (Å²) >= 11 is 1.20. The zero-order chi connectivity index (χ0) is 22.4. The highest BCUT2D eigenvalue weighted by molar-refractivity contribution is 8.00. The molecule has 1 aromatic heterocycles. The van der Waals surface area contributed by atoms with Gasteiger partial charge in [0.2, 0.25) is 5.91 Å². The van der Waals surface area contributed by atoms with Crippen molar-refractivity contribution in [1.29, 1.82) is 0 Å². The van der Waals surface area contributed by atoms with Crippen molar-refractivity contribution >= 4 is 29.1 Å². The number of hydrogen-bond donors (Lipinski definition) is 1. The van der Waals surface area contributed by atoms with Crippen LogP contribution in [0.25, 0.3) is 11.5 Å². The average Bonchev–Trinajstić information content (AvgIpc) is 3.22. The first-order valence-corrected chi connectivity index (χ1v) is 10.9. The van der Waals surface area contributed by atoms with Crippen molar-refractivity contribution in [2.75, 3.05) is 11.9 Å². The molecule has 0 aliphatic heterocycles. The van der Waals surface area contributed by atoms with E-state index in [0.29, 0.717) is 40.3 Å². The highest BCUT2D eigenvalue weighted by atomic mass is 32.2. The van der Waals surface area contributed by atoms with E-state index in [9.17, 15) is 9.59 Å². The number of rotatable bonds is 9. The van der Waals surface area contributed by atoms with Gasteiger partial charge in [-0.05, 0) is 50.2 Å². The van der Waals surface area contributed by atoms with Crippen molar-refractivity contribution in [2.45, 2.75) is 38.2 Å². The first-order valence-electron chi connectivity index (χ1n) is 10.1. The number of ether oxygens (including phenoxy) is 1. The van der Waals surface area contributed by atoms with E-state index in [4.69, 9.17) is 9.15 Å². The van der Waals surface area contributed by atoms with Crippen LogP contribution >= 0.6 is 11.8 Å². The SMILES string of the molecule is CCOc1ccccc1-c1nnc(SC(C)C(=O)c2ccc(NC(=O)C(C)C)cc2)o1. The molecular formula is C23H25N3O4S. The number of benzene rings is 2. The largest absolute Gasteiger partial charge is 0.493 e. The number of nitrogens with zero attached hydrogens (tertiary/aromatic N) is 2. The van der Waals surface area contributed by atoms with Gasteiger partial charge in [-0.3, -0.25) is 9.59 Å². The summed E-state index contributed by atoms with van der Waals surface area (Å²) in [6, 6.07) is 14.3. The lowest BCUT2D eigenvalue weighted by atomic mass is 10.1. The molecule has 1 unspecified atom stereocenters. The molecule has 1 N–H and O–H groups in total. The Hall–Kier alpha value is -3.13. The van der Waals surface area contributed by atoms with Gasteiger partial charge in [-0.1, -0.05) is 37.7 Å². The van der Waals surface area contributed by atoms with Gasteiger partial charge in [0.25, 0.3) is 11.1 Å². The highest BCUT2D eigenvalue weighted by Crippen LogP contribution is 2.32. The second-order valence-electron chi connectivity index (χ2n) is 7.15. The molecule has 1 atom stereocenters. The van der Waals surface area contributed by atoms with Crippen LogP contribution in [0, 0.1) is 5.92 Å². The minimum absolute atomic E-state index is 0.0683. The van der Waals surface area contributed by atoms with Crippen molar-refractivity contribution in [1.82, 2.24) is 10.2 Å². The van der Waals surface area contributed by atoms with Crippen molar-refractivity contribution in [3.63, 3.8) is 0 Å². The van der Waals surface area contributed by atoms with Gasteiger partial charge < -0.3 is 14.5 Å². The van der Waals surface area contributed by atoms with Crippen LogP contribution < -0.4 is 10.1 Å². The molecule has 0 bridgehead atoms. The van der Waals surface area contributed by atoms with Crippen LogP contribution in [-0.2, 0) is 4.79 Å². The summed E-state index contributed by atoms with van der Waals surface area (Å²) < 4.78 is 11.4. The van der Waals surface area contributed by atoms with Gasteiger partial charge in [-0.2, -0.15) is 0 Å². The van der Waals surface area contributed by atoms with Gasteiger partial charge in [0.15, 0.2) is 5.78 Å². The molecule has 1 amide bonds. The Kier molecular flexibility index (Phi) is 7.46. The number of para-hydroxylation sites is 1. The predicted octanol–water partition coefficient (Wildman–Crippen LogP) is 5.09. The zero-order valence-corrected chi connectivity index (χ0v) is 18.7. The van der Waals surface area contributed by atoms with E-state index < -0.39 is 5.25 Å². The Bertz CT molecular complexity index is 1050. The number of ketones is 1. The Balaban J connectivity index is 1.66. The molecule has 3 rings (SSSR count). The average molecular weight is 440 g/mol. The Morgan fingerprint density at radius 3 is 2.45 bits per heavy atom. The number of thioether (sulfide) groups is 1. The lowest BCUT2D eigenvalue weighted by Gasteiger charge is -2.10. The minimum Gasteiger partial charge on any atom is -0.493 e. The first-order chi connectivity index (χ1) is 14.9. The fourth-order valence-electron chi connectivity index (χ4n) is 2.73. The molecule has 3 aromatic rings. The summed E-state index contributed by atoms with van der Waals surface area (Å²) in [5, 5.41) is 10.9. The third-order valence-electron chi connectivity index (χ3n) is 4.43. The van der Waals surface area contributed by atoms with Crippen LogP contribution in [0.1, 0.15) is 38.1 Å². The number of carbonyl (C=O) groups is 2. The van der Waals surface area contributed by atoms with E-state index in [1.54, 1.807) is 31.2 Å². The lowest BCUT2D eigenvalue weighted by molar-refractivity contribution is -0.118. The molecule has 7 nitrogen and oxygen atoms in total. The molecule has 0 saturated heterocycles. The third kappa shape index (κ3) is 5.73. The lowest BCUT2D eigenvalue weighted by Crippen LogP contribution is -2.18. The Labute approximate surface area is 185 Å². The molecule has 31 heavy (non-hydrogen) atoms. The summed E-state index contributed by atoms with van der Waals surface area (Å²) in [5.74, 6) is 0.759. The van der Waals surface area contributed by atoms with Gasteiger partial charge in [0.1, 0.15) is 5.75 Å². The summed E-state index contributed by atoms with van der Waals surface area (Å²) in [5.41, 5.74) is 1.91. The molecule has 0 saturated carbocycles. The minimum atomic E-state index is -0.424. The van der Waals surface area contributed by atoms with Crippen LogP contribution in [0.15, 0.2) is 58.2 Å². The third-order valence-corrected chi connectivity index (χ3v) is 5.37. The monoisotopic (exact) mass is 439 g/mol. The molecule has 0 fully saturated rings. The summed E-state index contributed by atoms with van der Waals surface area (Å²) in [6.07, 6.45) is 0. The number of anilines is 1. The number of aromatic nitrogens is 2. The van der Waals surface area contributed by atoms with Crippen LogP contribution in [-0.4, -0.2) is 33.7 Å². The normalized spacial score (nSPS) is 11.9. The summed E-state index contributed by atoms with van der Waals surface area (Å²) in [7, 11) is 0. The molecule has 0 spiro atoms. The molecule has 0 radical (unpaired) electrons. The van der Waals surface area contributed by atoms with Gasteiger partial charge in [-0.25, -0.2) is 0 Å². The quantitative estimate of drug-likeness (QED) is 0.366. The topological polar surface area (TPSA) is 94.3 Å². The van der Waals surface area contributed by atoms with Gasteiger partial charge in [0, 0.05) is 17.2 Å². The molecule has 1 heterocycles. The van der Waals surface area contributed by atoms with Gasteiger partial charge in [-0.15, -0.1) is 10.2 Å². The zero-order valence-electron chi connectivity index (χ0n) is 17.9. The summed E-state index contributed by atoms with van der Waals surface area (Å²) in [6.45, 7) is 7.87. The summed E-state index contributed by atoms with van der Waals surface area (Å²) in [4.78, 5) is 24.6. The van der Waals surface area contributed by atoms with E-state index in [1.165, 1.54) is 11.8 Å². The molecule has 0 aliphatic rings. The maximum atomic E-state index is 12.8. The van der Waals surface area contributed by atoms with E-state index in [1.807, 2.05) is 45.0 Å². The first kappa shape index (κ1) is 22.6. The van der Waals surface area contributed by atoms with E-state index in [0.717, 1.165) is 0 Å². The Morgan fingerprint density at radius 1 is 1.06 bits per heavy atom. The van der Waals surface area contributed by atoms with Crippen LogP contribution in [0.5, 0.6) is 5.75 Å². The second kappa shape index (κ2) is 10.3. The van der Waals surface area contributed by atoms with Gasteiger partial charge in [0.05, 0.1) is 17.4 Å². The van der Waals surface area contributed by atoms with Crippen molar-refractivity contribution in [2.24, 2.45) is 5.92 Å². The number of carbonyl (C=O) groups excluding carboxylic acids is 2. The standard InChI is InChI=1S/C23H25N3O4S/c1-5-29-19-9-7-6-8-18(19)22-25-26-23(30-22)31-15(4)20(27)16-10-12-17(13-11-16)24-21(28)14(2)3/h6-15H,5H2,1-4H3,(H,24,28). The highest BCUT2D eigenvalue weighted by Gasteiger charge is 2.21. The van der Waals surface area contributed by atoms with Gasteiger partial charge >= 0.3 is 0 Å². The van der Waals surface area contributed by atoms with Crippen molar-refractivity contribution < 1.29 is 18.7 Å². The molecule has 162 valence electrons. The second-order valence-corrected chi connectivity index (χ2v) is 8.44. The van der Waals surface area contributed by atoms with Crippen LogP contribution in [0.4, 0.5) is 5.69 Å². The number of Topliss-reactive ketones (excluding diaryl/α,β-unsaturated/α-hetero) is 1. The van der Waals surface area contributed by atoms with E-state index in [2.05, 4.69) is 15.5 Å². The van der Waals surface area contributed by atoms with E-state index >= 15 is 0 Å². The van der Waals surface area contributed by atoms with Crippen molar-refractivity contribution in [3.05, 3.63) is 54.1 Å². The van der Waals surface area contributed by atoms with Crippen LogP contribution in [0.2, 0.25) is 0 Å². The van der Waals surface area contributed by atoms with Crippen molar-refractivity contribution in [3.8, 4) is 17.2 Å².